The molecule has 0 aliphatic heterocycles. The highest BCUT2D eigenvalue weighted by molar-refractivity contribution is 5.27. The van der Waals surface area contributed by atoms with E-state index in [4.69, 9.17) is 9.84 Å². The fourth-order valence-corrected chi connectivity index (χ4v) is 2.70. The smallest absolute Gasteiger partial charge is 0.119 e. The van der Waals surface area contributed by atoms with Gasteiger partial charge in [0, 0.05) is 6.61 Å². The van der Waals surface area contributed by atoms with E-state index in [1.54, 1.807) is 0 Å². The zero-order valence-corrected chi connectivity index (χ0v) is 11.1. The summed E-state index contributed by atoms with van der Waals surface area (Å²) in [6.45, 7) is 1.05. The zero-order valence-electron chi connectivity index (χ0n) is 11.1. The Morgan fingerprint density at radius 1 is 1.06 bits per heavy atom. The van der Waals surface area contributed by atoms with E-state index < -0.39 is 0 Å². The number of hydrogen-bond acceptors (Lipinski definition) is 2. The van der Waals surface area contributed by atoms with Crippen molar-refractivity contribution in [2.75, 3.05) is 13.2 Å². The molecule has 100 valence electrons. The monoisotopic (exact) mass is 248 g/mol. The summed E-state index contributed by atoms with van der Waals surface area (Å²) in [5.41, 5.74) is 1.16. The molecular formula is C16H24O2. The molecule has 0 amide bonds. The van der Waals surface area contributed by atoms with Crippen molar-refractivity contribution in [2.45, 2.75) is 44.9 Å². The van der Waals surface area contributed by atoms with Gasteiger partial charge in [-0.2, -0.15) is 0 Å². The molecule has 0 radical (unpaired) electrons. The summed E-state index contributed by atoms with van der Waals surface area (Å²) >= 11 is 0. The van der Waals surface area contributed by atoms with Gasteiger partial charge in [0.25, 0.3) is 0 Å². The number of hydrogen-bond donors (Lipinski definition) is 1. The van der Waals surface area contributed by atoms with Crippen molar-refractivity contribution >= 4 is 0 Å². The lowest BCUT2D eigenvalue weighted by Gasteiger charge is -2.21. The van der Waals surface area contributed by atoms with Crippen molar-refractivity contribution in [3.63, 3.8) is 0 Å². The standard InChI is InChI=1S/C16H24O2/c17-12-10-15-6-8-16(9-7-15)18-13-11-14-4-2-1-3-5-14/h6-9,14,17H,1-5,10-13H2. The maximum absolute atomic E-state index is 8.84. The lowest BCUT2D eigenvalue weighted by atomic mass is 9.87. The van der Waals surface area contributed by atoms with Crippen LogP contribution in [0, 0.1) is 5.92 Å². The summed E-state index contributed by atoms with van der Waals surface area (Å²) in [5.74, 6) is 1.83. The molecule has 1 aliphatic carbocycles. The highest BCUT2D eigenvalue weighted by Crippen LogP contribution is 2.26. The molecule has 0 heterocycles. The first-order chi connectivity index (χ1) is 8.88. The van der Waals surface area contributed by atoms with E-state index in [2.05, 4.69) is 0 Å². The van der Waals surface area contributed by atoms with E-state index in [1.165, 1.54) is 38.5 Å². The first kappa shape index (κ1) is 13.4. The highest BCUT2D eigenvalue weighted by atomic mass is 16.5. The molecule has 0 unspecified atom stereocenters. The van der Waals surface area contributed by atoms with Crippen LogP contribution in [0.4, 0.5) is 0 Å². The van der Waals surface area contributed by atoms with Gasteiger partial charge in [-0.05, 0) is 36.5 Å². The second kappa shape index (κ2) is 7.42. The number of aliphatic hydroxyl groups excluding tert-OH is 1. The molecule has 18 heavy (non-hydrogen) atoms. The van der Waals surface area contributed by atoms with E-state index >= 15 is 0 Å². The SMILES string of the molecule is OCCc1ccc(OCCC2CCCCC2)cc1. The largest absolute Gasteiger partial charge is 0.494 e. The summed E-state index contributed by atoms with van der Waals surface area (Å²) in [6, 6.07) is 8.08. The van der Waals surface area contributed by atoms with Gasteiger partial charge in [-0.3, -0.25) is 0 Å². The minimum Gasteiger partial charge on any atom is -0.494 e. The molecule has 1 aliphatic rings. The van der Waals surface area contributed by atoms with Crippen molar-refractivity contribution in [1.82, 2.24) is 0 Å². The van der Waals surface area contributed by atoms with Crippen LogP contribution in [0.2, 0.25) is 0 Å². The van der Waals surface area contributed by atoms with Gasteiger partial charge in [-0.25, -0.2) is 0 Å². The van der Waals surface area contributed by atoms with Crippen LogP contribution in [0.15, 0.2) is 24.3 Å². The minimum atomic E-state index is 0.210. The van der Waals surface area contributed by atoms with Crippen LogP contribution >= 0.6 is 0 Å². The molecule has 0 spiro atoms. The average Bonchev–Trinajstić information content (AvgIpc) is 2.42. The van der Waals surface area contributed by atoms with Crippen molar-refractivity contribution < 1.29 is 9.84 Å². The third-order valence-corrected chi connectivity index (χ3v) is 3.84. The van der Waals surface area contributed by atoms with Crippen molar-refractivity contribution in [3.8, 4) is 5.75 Å². The number of aliphatic hydroxyl groups is 1. The lowest BCUT2D eigenvalue weighted by Crippen LogP contribution is -2.10. The number of rotatable bonds is 6. The molecule has 0 atom stereocenters. The van der Waals surface area contributed by atoms with Gasteiger partial charge >= 0.3 is 0 Å². The molecule has 0 saturated heterocycles. The van der Waals surface area contributed by atoms with Gasteiger partial charge in [0.05, 0.1) is 6.61 Å². The Hall–Kier alpha value is -1.02. The minimum absolute atomic E-state index is 0.210. The van der Waals surface area contributed by atoms with Gasteiger partial charge in [0.15, 0.2) is 0 Å². The van der Waals surface area contributed by atoms with Crippen LogP contribution in [0.5, 0.6) is 5.75 Å². The van der Waals surface area contributed by atoms with Gasteiger partial charge < -0.3 is 9.84 Å². The summed E-state index contributed by atoms with van der Waals surface area (Å²) in [4.78, 5) is 0. The van der Waals surface area contributed by atoms with E-state index in [9.17, 15) is 0 Å². The lowest BCUT2D eigenvalue weighted by molar-refractivity contribution is 0.246. The molecule has 2 heteroatoms. The fourth-order valence-electron chi connectivity index (χ4n) is 2.70. The van der Waals surface area contributed by atoms with Gasteiger partial charge in [-0.15, -0.1) is 0 Å². The summed E-state index contributed by atoms with van der Waals surface area (Å²) < 4.78 is 5.78. The van der Waals surface area contributed by atoms with Gasteiger partial charge in [-0.1, -0.05) is 44.2 Å². The molecule has 1 fully saturated rings. The molecule has 1 aromatic rings. The quantitative estimate of drug-likeness (QED) is 0.834. The predicted molar refractivity (Wildman–Crippen MR) is 73.9 cm³/mol. The van der Waals surface area contributed by atoms with Crippen molar-refractivity contribution in [3.05, 3.63) is 29.8 Å². The summed E-state index contributed by atoms with van der Waals surface area (Å²) in [6.07, 6.45) is 8.92. The maximum Gasteiger partial charge on any atom is 0.119 e. The summed E-state index contributed by atoms with van der Waals surface area (Å²) in [7, 11) is 0. The van der Waals surface area contributed by atoms with Crippen molar-refractivity contribution in [1.29, 1.82) is 0 Å². The Balaban J connectivity index is 1.69. The maximum atomic E-state index is 8.84. The zero-order chi connectivity index (χ0) is 12.6. The first-order valence-corrected chi connectivity index (χ1v) is 7.21. The van der Waals surface area contributed by atoms with Gasteiger partial charge in [0.2, 0.25) is 0 Å². The van der Waals surface area contributed by atoms with E-state index in [-0.39, 0.29) is 6.61 Å². The second-order valence-electron chi connectivity index (χ2n) is 5.26. The van der Waals surface area contributed by atoms with Crippen molar-refractivity contribution in [2.24, 2.45) is 5.92 Å². The van der Waals surface area contributed by atoms with Crippen LogP contribution in [-0.4, -0.2) is 18.3 Å². The third-order valence-electron chi connectivity index (χ3n) is 3.84. The molecule has 1 aromatic carbocycles. The third kappa shape index (κ3) is 4.34. The van der Waals surface area contributed by atoms with E-state index in [0.717, 1.165) is 30.3 Å². The Bertz CT molecular complexity index is 325. The van der Waals surface area contributed by atoms with E-state index in [1.807, 2.05) is 24.3 Å². The molecule has 1 N–H and O–H groups in total. The Morgan fingerprint density at radius 3 is 2.44 bits per heavy atom. The van der Waals surface area contributed by atoms with Gasteiger partial charge in [0.1, 0.15) is 5.75 Å². The van der Waals surface area contributed by atoms with Crippen LogP contribution in [0.3, 0.4) is 0 Å². The van der Waals surface area contributed by atoms with Crippen LogP contribution in [-0.2, 0) is 6.42 Å². The Morgan fingerprint density at radius 2 is 1.78 bits per heavy atom. The van der Waals surface area contributed by atoms with Crippen LogP contribution in [0.1, 0.15) is 44.1 Å². The van der Waals surface area contributed by atoms with Crippen LogP contribution in [0.25, 0.3) is 0 Å². The normalized spacial score (nSPS) is 16.7. The Kier molecular flexibility index (Phi) is 5.53. The fraction of sp³-hybridized carbons (Fsp3) is 0.625. The molecule has 1 saturated carbocycles. The Labute approximate surface area is 110 Å². The first-order valence-electron chi connectivity index (χ1n) is 7.21. The predicted octanol–water partition coefficient (Wildman–Crippen LogP) is 3.57. The van der Waals surface area contributed by atoms with E-state index in [0.29, 0.717) is 0 Å². The molecular weight excluding hydrogens is 224 g/mol. The number of ether oxygens (including phenoxy) is 1. The van der Waals surface area contributed by atoms with Crippen LogP contribution < -0.4 is 4.74 Å². The topological polar surface area (TPSA) is 29.5 Å². The molecule has 0 bridgehead atoms. The second-order valence-corrected chi connectivity index (χ2v) is 5.26. The molecule has 2 rings (SSSR count). The highest BCUT2D eigenvalue weighted by Gasteiger charge is 2.12. The number of benzene rings is 1. The molecule has 0 aromatic heterocycles. The molecule has 2 nitrogen and oxygen atoms in total. The average molecular weight is 248 g/mol. The summed E-state index contributed by atoms with van der Waals surface area (Å²) in [5, 5.41) is 8.84.